The number of halogens is 4. The number of aryl methyl sites for hydroxylation is 3. The average molecular weight is 679 g/mol. The fraction of sp³-hybridized carbons (Fsp3) is 0.188. The van der Waals surface area contributed by atoms with Crippen molar-refractivity contribution in [2.75, 3.05) is 6.61 Å². The first-order valence-electron chi connectivity index (χ1n) is 13.9. The van der Waals surface area contributed by atoms with Crippen LogP contribution in [0.4, 0.5) is 13.2 Å². The van der Waals surface area contributed by atoms with Gasteiger partial charge in [0.1, 0.15) is 24.3 Å². The van der Waals surface area contributed by atoms with Crippen LogP contribution in [0.15, 0.2) is 53.0 Å². The van der Waals surface area contributed by atoms with Crippen LogP contribution in [0, 0.1) is 25.2 Å². The largest absolute Gasteiger partial charge is 0.491 e. The van der Waals surface area contributed by atoms with Gasteiger partial charge in [-0.3, -0.25) is 14.3 Å². The lowest BCUT2D eigenvalue weighted by Crippen LogP contribution is -2.27. The number of pyridine rings is 1. The minimum Gasteiger partial charge on any atom is -0.491 e. The van der Waals surface area contributed by atoms with Gasteiger partial charge in [0.15, 0.2) is 0 Å². The second-order valence-corrected chi connectivity index (χ2v) is 12.0. The summed E-state index contributed by atoms with van der Waals surface area (Å²) in [6.45, 7) is 3.09. The van der Waals surface area contributed by atoms with E-state index in [9.17, 15) is 33.1 Å². The van der Waals surface area contributed by atoms with E-state index in [0.717, 1.165) is 6.07 Å². The minimum atomic E-state index is -4.85. The Morgan fingerprint density at radius 2 is 1.94 bits per heavy atom. The molecule has 0 aliphatic carbocycles. The van der Waals surface area contributed by atoms with Gasteiger partial charge in [-0.25, -0.2) is 14.8 Å². The van der Waals surface area contributed by atoms with Gasteiger partial charge >= 0.3 is 12.1 Å². The normalized spacial score (nSPS) is 11.7. The van der Waals surface area contributed by atoms with E-state index in [1.165, 1.54) is 45.3 Å². The van der Waals surface area contributed by atoms with Crippen LogP contribution in [-0.4, -0.2) is 41.8 Å². The fourth-order valence-electron chi connectivity index (χ4n) is 5.47. The van der Waals surface area contributed by atoms with Gasteiger partial charge in [0.05, 0.1) is 56.4 Å². The Hall–Kier alpha value is -5.26. The summed E-state index contributed by atoms with van der Waals surface area (Å²) in [5.41, 5.74) is -0.961. The molecule has 238 valence electrons. The van der Waals surface area contributed by atoms with E-state index >= 15 is 0 Å². The Morgan fingerprint density at radius 3 is 2.60 bits per heavy atom. The van der Waals surface area contributed by atoms with E-state index in [0.29, 0.717) is 37.8 Å². The van der Waals surface area contributed by atoms with E-state index in [4.69, 9.17) is 16.3 Å². The van der Waals surface area contributed by atoms with Crippen LogP contribution < -0.4 is 10.3 Å². The highest BCUT2D eigenvalue weighted by molar-refractivity contribution is 7.18. The maximum atomic E-state index is 14.2. The summed E-state index contributed by atoms with van der Waals surface area (Å²) < 4.78 is 52.1. The molecule has 0 radical (unpaired) electrons. The zero-order chi connectivity index (χ0) is 33.8. The highest BCUT2D eigenvalue weighted by Gasteiger charge is 2.37. The maximum Gasteiger partial charge on any atom is 0.417 e. The summed E-state index contributed by atoms with van der Waals surface area (Å²) in [5.74, 6) is -0.596. The molecule has 10 nitrogen and oxygen atoms in total. The third-order valence-corrected chi connectivity index (χ3v) is 8.74. The first kappa shape index (κ1) is 31.7. The fourth-order valence-corrected chi connectivity index (χ4v) is 6.65. The number of fused-ring (bicyclic) bond motifs is 2. The van der Waals surface area contributed by atoms with E-state index in [2.05, 4.69) is 15.0 Å². The SMILES string of the molecule is Cc1cc(-c2cc(Cl)ccc2OCCn2c(C)nc3cc(C(F)(F)F)c(-c4cn(C)cn4)c(C#N)c3c2=O)c2scc(C(=O)O)c2n1. The molecule has 0 aliphatic rings. The van der Waals surface area contributed by atoms with Crippen molar-refractivity contribution in [2.45, 2.75) is 26.6 Å². The highest BCUT2D eigenvalue weighted by Crippen LogP contribution is 2.42. The van der Waals surface area contributed by atoms with Crippen LogP contribution >= 0.6 is 22.9 Å². The van der Waals surface area contributed by atoms with Gasteiger partial charge in [-0.1, -0.05) is 11.6 Å². The van der Waals surface area contributed by atoms with Gasteiger partial charge in [0.2, 0.25) is 0 Å². The van der Waals surface area contributed by atoms with Crippen LogP contribution in [0.1, 0.15) is 33.0 Å². The standard InChI is InChI=1S/C32H22ClF3N6O4S/c1-15-8-19(29-28(39-15)21(13-47-29)31(44)45)18-9-17(33)4-5-25(18)46-7-6-42-16(2)40-23-10-22(32(34,35)36)26(24-12-41(3)14-38-24)20(11-37)27(23)30(42)43/h4-5,8-10,12-14H,6-7H2,1-3H3,(H,44,45). The summed E-state index contributed by atoms with van der Waals surface area (Å²) >= 11 is 7.57. The summed E-state index contributed by atoms with van der Waals surface area (Å²) in [6, 6.07) is 9.31. The Labute approximate surface area is 272 Å². The molecule has 6 rings (SSSR count). The number of carboxylic acids is 1. The number of nitrogens with zero attached hydrogens (tertiary/aromatic N) is 6. The average Bonchev–Trinajstić information content (AvgIpc) is 3.63. The van der Waals surface area contributed by atoms with Crippen LogP contribution in [0.2, 0.25) is 5.02 Å². The molecule has 0 saturated heterocycles. The van der Waals surface area contributed by atoms with E-state index in [1.54, 1.807) is 44.3 Å². The number of hydrogen-bond donors (Lipinski definition) is 1. The van der Waals surface area contributed by atoms with Gasteiger partial charge in [0.25, 0.3) is 5.56 Å². The summed E-state index contributed by atoms with van der Waals surface area (Å²) in [6.07, 6.45) is -2.21. The smallest absolute Gasteiger partial charge is 0.417 e. The molecule has 0 fully saturated rings. The molecule has 0 amide bonds. The number of ether oxygens (including phenoxy) is 1. The summed E-state index contributed by atoms with van der Waals surface area (Å²) in [7, 11) is 1.58. The Kier molecular flexibility index (Phi) is 7.98. The van der Waals surface area contributed by atoms with Crippen molar-refractivity contribution in [2.24, 2.45) is 7.05 Å². The molecule has 47 heavy (non-hydrogen) atoms. The molecule has 1 N–H and O–H groups in total. The lowest BCUT2D eigenvalue weighted by molar-refractivity contribution is -0.137. The molecule has 0 saturated carbocycles. The number of carboxylic acid groups (broad SMARTS) is 1. The number of rotatable bonds is 7. The lowest BCUT2D eigenvalue weighted by Gasteiger charge is -2.18. The number of alkyl halides is 3. The van der Waals surface area contributed by atoms with Crippen LogP contribution in [0.3, 0.4) is 0 Å². The predicted octanol–water partition coefficient (Wildman–Crippen LogP) is 7.01. The zero-order valence-corrected chi connectivity index (χ0v) is 26.4. The predicted molar refractivity (Wildman–Crippen MR) is 170 cm³/mol. The minimum absolute atomic E-state index is 0.0621. The number of aromatic carboxylic acids is 1. The zero-order valence-electron chi connectivity index (χ0n) is 24.8. The molecule has 0 bridgehead atoms. The van der Waals surface area contributed by atoms with Crippen molar-refractivity contribution in [1.29, 1.82) is 5.26 Å². The van der Waals surface area contributed by atoms with E-state index in [1.807, 2.05) is 0 Å². The van der Waals surface area contributed by atoms with Gasteiger partial charge in [-0.2, -0.15) is 18.4 Å². The first-order chi connectivity index (χ1) is 22.3. The molecule has 0 atom stereocenters. The number of imidazole rings is 1. The molecule has 0 aliphatic heterocycles. The molecule has 0 spiro atoms. The summed E-state index contributed by atoms with van der Waals surface area (Å²) in [5, 5.41) is 21.4. The molecule has 4 aromatic heterocycles. The second-order valence-electron chi connectivity index (χ2n) is 10.7. The van der Waals surface area contributed by atoms with Crippen molar-refractivity contribution in [3.8, 4) is 34.2 Å². The Bertz CT molecular complexity index is 2360. The quantitative estimate of drug-likeness (QED) is 0.190. The number of carbonyl (C=O) groups is 1. The number of aromatic nitrogens is 5. The van der Waals surface area contributed by atoms with Crippen molar-refractivity contribution >= 4 is 50.0 Å². The first-order valence-corrected chi connectivity index (χ1v) is 15.1. The number of hydrogen-bond acceptors (Lipinski definition) is 8. The van der Waals surface area contributed by atoms with Gasteiger partial charge < -0.3 is 14.4 Å². The van der Waals surface area contributed by atoms with Gasteiger partial charge in [0, 0.05) is 46.0 Å². The third-order valence-electron chi connectivity index (χ3n) is 7.50. The third kappa shape index (κ3) is 5.68. The maximum absolute atomic E-state index is 14.2. The monoisotopic (exact) mass is 678 g/mol. The van der Waals surface area contributed by atoms with Crippen LogP contribution in [0.25, 0.3) is 43.5 Å². The number of benzene rings is 2. The molecular weight excluding hydrogens is 657 g/mol. The van der Waals surface area contributed by atoms with Crippen molar-refractivity contribution < 1.29 is 27.8 Å². The van der Waals surface area contributed by atoms with Gasteiger partial charge in [-0.05, 0) is 44.2 Å². The second kappa shape index (κ2) is 11.8. The van der Waals surface area contributed by atoms with Crippen LogP contribution in [0.5, 0.6) is 5.75 Å². The van der Waals surface area contributed by atoms with E-state index < -0.39 is 34.4 Å². The van der Waals surface area contributed by atoms with Gasteiger partial charge in [-0.15, -0.1) is 11.3 Å². The molecular formula is C32H22ClF3N6O4S. The molecule has 15 heteroatoms. The topological polar surface area (TPSA) is 136 Å². The van der Waals surface area contributed by atoms with E-state index in [-0.39, 0.29) is 41.1 Å². The lowest BCUT2D eigenvalue weighted by atomic mass is 9.95. The number of nitriles is 1. The highest BCUT2D eigenvalue weighted by atomic mass is 35.5. The molecule has 0 unspecified atom stereocenters. The Morgan fingerprint density at radius 1 is 1.17 bits per heavy atom. The summed E-state index contributed by atoms with van der Waals surface area (Å²) in [4.78, 5) is 38.3. The van der Waals surface area contributed by atoms with Crippen molar-refractivity contribution in [3.05, 3.63) is 91.8 Å². The Balaban J connectivity index is 1.41. The number of thiophene rings is 1. The molecule has 2 aromatic carbocycles. The molecule has 4 heterocycles. The van der Waals surface area contributed by atoms with Crippen molar-refractivity contribution in [1.82, 2.24) is 24.1 Å². The van der Waals surface area contributed by atoms with Crippen molar-refractivity contribution in [3.63, 3.8) is 0 Å². The van der Waals surface area contributed by atoms with Crippen LogP contribution in [-0.2, 0) is 19.8 Å². The molecule has 6 aromatic rings.